The molecule has 0 aliphatic carbocycles. The van der Waals surface area contributed by atoms with Gasteiger partial charge < -0.3 is 20.1 Å². The lowest BCUT2D eigenvalue weighted by atomic mass is 9.94. The van der Waals surface area contributed by atoms with Crippen LogP contribution in [-0.2, 0) is 11.3 Å². The van der Waals surface area contributed by atoms with Gasteiger partial charge in [0.15, 0.2) is 0 Å². The van der Waals surface area contributed by atoms with Crippen molar-refractivity contribution in [2.24, 2.45) is 0 Å². The Morgan fingerprint density at radius 2 is 1.90 bits per heavy atom. The van der Waals surface area contributed by atoms with E-state index < -0.39 is 6.10 Å². The van der Waals surface area contributed by atoms with Gasteiger partial charge in [-0.2, -0.15) is 0 Å². The highest BCUT2D eigenvalue weighted by atomic mass is 16.5. The number of aliphatic hydroxyl groups is 1. The first kappa shape index (κ1) is 22.2. The van der Waals surface area contributed by atoms with Gasteiger partial charge in [0, 0.05) is 65.1 Å². The van der Waals surface area contributed by atoms with Crippen molar-refractivity contribution in [2.45, 2.75) is 51.2 Å². The summed E-state index contributed by atoms with van der Waals surface area (Å²) in [4.78, 5) is 17.6. The lowest BCUT2D eigenvalue weighted by Gasteiger charge is -2.29. The minimum atomic E-state index is -0.612. The van der Waals surface area contributed by atoms with Gasteiger partial charge in [-0.05, 0) is 55.7 Å². The number of carbonyl (C=O) groups excluding carboxylic acids is 1. The van der Waals surface area contributed by atoms with Gasteiger partial charge in [0.2, 0.25) is 0 Å². The second-order valence-corrected chi connectivity index (χ2v) is 8.30. The molecule has 2 aliphatic rings. The number of aliphatic hydroxyl groups excluding tert-OH is 1. The zero-order valence-electron chi connectivity index (χ0n) is 17.9. The van der Waals surface area contributed by atoms with Crippen LogP contribution in [0, 0.1) is 0 Å². The van der Waals surface area contributed by atoms with E-state index in [0.29, 0.717) is 18.6 Å². The van der Waals surface area contributed by atoms with E-state index in [2.05, 4.69) is 22.3 Å². The number of unbranched alkanes of at least 4 members (excludes halogenated alkanes) is 1. The molecule has 6 heteroatoms. The number of methoxy groups -OCH3 is 1. The number of likely N-dealkylation sites (tertiary alicyclic amines) is 1. The van der Waals surface area contributed by atoms with Gasteiger partial charge in [0.25, 0.3) is 5.91 Å². The predicted octanol–water partition coefficient (Wildman–Crippen LogP) is 2.57. The minimum Gasteiger partial charge on any atom is -0.388 e. The van der Waals surface area contributed by atoms with Gasteiger partial charge in [0.1, 0.15) is 0 Å². The Morgan fingerprint density at radius 3 is 2.62 bits per heavy atom. The number of nitrogens with zero attached hydrogens (tertiary/aromatic N) is 2. The third-order valence-corrected chi connectivity index (χ3v) is 6.04. The molecule has 1 aromatic rings. The molecule has 162 valence electrons. The summed E-state index contributed by atoms with van der Waals surface area (Å²) < 4.78 is 5.12. The fourth-order valence-corrected chi connectivity index (χ4v) is 4.32. The number of rotatable bonds is 9. The quantitative estimate of drug-likeness (QED) is 0.621. The van der Waals surface area contributed by atoms with Gasteiger partial charge in [-0.15, -0.1) is 0 Å². The van der Waals surface area contributed by atoms with Crippen molar-refractivity contribution < 1.29 is 14.6 Å². The highest BCUT2D eigenvalue weighted by Gasteiger charge is 2.24. The first-order valence-electron chi connectivity index (χ1n) is 11.2. The van der Waals surface area contributed by atoms with Crippen LogP contribution in [-0.4, -0.2) is 73.8 Å². The lowest BCUT2D eigenvalue weighted by Crippen LogP contribution is -2.42. The van der Waals surface area contributed by atoms with Crippen molar-refractivity contribution in [3.8, 4) is 0 Å². The van der Waals surface area contributed by atoms with Gasteiger partial charge in [-0.1, -0.05) is 12.1 Å². The fraction of sp³-hybridized carbons (Fsp3) is 0.696. The monoisotopic (exact) mass is 403 g/mol. The molecule has 0 spiro atoms. The number of piperidine rings is 1. The number of nitrogens with one attached hydrogen (secondary N) is 1. The summed E-state index contributed by atoms with van der Waals surface area (Å²) >= 11 is 0. The Morgan fingerprint density at radius 1 is 1.14 bits per heavy atom. The topological polar surface area (TPSA) is 65.0 Å². The van der Waals surface area contributed by atoms with Crippen molar-refractivity contribution in [2.75, 3.05) is 53.0 Å². The molecule has 1 unspecified atom stereocenters. The average molecular weight is 404 g/mol. The van der Waals surface area contributed by atoms with E-state index in [9.17, 15) is 9.90 Å². The average Bonchev–Trinajstić information content (AvgIpc) is 2.77. The SMILES string of the molecule is COCCCCC(O)c1cc(CN2CCNCC2)ccc1C(=O)N1CCCCC1. The first-order chi connectivity index (χ1) is 14.2. The van der Waals surface area contributed by atoms with Crippen LogP contribution in [0.15, 0.2) is 18.2 Å². The Bertz CT molecular complexity index is 640. The smallest absolute Gasteiger partial charge is 0.254 e. The molecule has 1 aromatic carbocycles. The molecular formula is C23H37N3O3. The lowest BCUT2D eigenvalue weighted by molar-refractivity contribution is 0.0715. The Labute approximate surface area is 175 Å². The second kappa shape index (κ2) is 11.6. The van der Waals surface area contributed by atoms with Crippen LogP contribution in [0.2, 0.25) is 0 Å². The predicted molar refractivity (Wildman–Crippen MR) is 115 cm³/mol. The van der Waals surface area contributed by atoms with Crippen LogP contribution in [0.4, 0.5) is 0 Å². The standard InChI is InChI=1S/C23H37N3O3/c1-29-16-6-3-7-22(27)21-17-19(18-25-14-10-24-11-15-25)8-9-20(21)23(28)26-12-4-2-5-13-26/h8-9,17,22,24,27H,2-7,10-16,18H2,1H3. The normalized spacial score (nSPS) is 19.3. The number of ether oxygens (including phenoxy) is 1. The van der Waals surface area contributed by atoms with Crippen LogP contribution in [0.1, 0.15) is 66.1 Å². The van der Waals surface area contributed by atoms with Crippen LogP contribution in [0.25, 0.3) is 0 Å². The van der Waals surface area contributed by atoms with E-state index in [1.54, 1.807) is 7.11 Å². The first-order valence-corrected chi connectivity index (χ1v) is 11.2. The summed E-state index contributed by atoms with van der Waals surface area (Å²) in [6, 6.07) is 6.09. The highest BCUT2D eigenvalue weighted by Crippen LogP contribution is 2.27. The molecule has 0 radical (unpaired) electrons. The maximum Gasteiger partial charge on any atom is 0.254 e. The molecule has 0 aromatic heterocycles. The summed E-state index contributed by atoms with van der Waals surface area (Å²) in [7, 11) is 1.70. The maximum absolute atomic E-state index is 13.2. The Balaban J connectivity index is 1.76. The third-order valence-electron chi connectivity index (χ3n) is 6.04. The molecule has 29 heavy (non-hydrogen) atoms. The van der Waals surface area contributed by atoms with Crippen molar-refractivity contribution in [3.05, 3.63) is 34.9 Å². The van der Waals surface area contributed by atoms with Gasteiger partial charge in [0.05, 0.1) is 6.10 Å². The zero-order valence-corrected chi connectivity index (χ0v) is 17.9. The zero-order chi connectivity index (χ0) is 20.5. The summed E-state index contributed by atoms with van der Waals surface area (Å²) in [5.74, 6) is 0.0735. The van der Waals surface area contributed by atoms with E-state index in [4.69, 9.17) is 4.74 Å². The van der Waals surface area contributed by atoms with Crippen molar-refractivity contribution in [1.29, 1.82) is 0 Å². The Kier molecular flexibility index (Phi) is 8.92. The molecular weight excluding hydrogens is 366 g/mol. The number of hydrogen-bond donors (Lipinski definition) is 2. The van der Waals surface area contributed by atoms with Crippen molar-refractivity contribution in [1.82, 2.24) is 15.1 Å². The molecule has 2 aliphatic heterocycles. The summed E-state index contributed by atoms with van der Waals surface area (Å²) in [6.07, 6.45) is 5.18. The van der Waals surface area contributed by atoms with Crippen molar-refractivity contribution in [3.63, 3.8) is 0 Å². The maximum atomic E-state index is 13.2. The molecule has 0 saturated carbocycles. The number of benzene rings is 1. The molecule has 6 nitrogen and oxygen atoms in total. The summed E-state index contributed by atoms with van der Waals surface area (Å²) in [5.41, 5.74) is 2.65. The molecule has 2 N–H and O–H groups in total. The number of carbonyl (C=O) groups is 1. The molecule has 0 bridgehead atoms. The van der Waals surface area contributed by atoms with E-state index in [1.165, 1.54) is 12.0 Å². The van der Waals surface area contributed by atoms with Crippen LogP contribution < -0.4 is 5.32 Å². The van der Waals surface area contributed by atoms with Crippen LogP contribution in [0.5, 0.6) is 0 Å². The molecule has 2 heterocycles. The summed E-state index contributed by atoms with van der Waals surface area (Å²) in [5, 5.41) is 14.3. The number of piperazine rings is 1. The van der Waals surface area contributed by atoms with E-state index in [0.717, 1.165) is 77.1 Å². The van der Waals surface area contributed by atoms with E-state index in [1.807, 2.05) is 11.0 Å². The van der Waals surface area contributed by atoms with Crippen LogP contribution >= 0.6 is 0 Å². The molecule has 1 atom stereocenters. The van der Waals surface area contributed by atoms with Gasteiger partial charge in [-0.3, -0.25) is 9.69 Å². The molecule has 3 rings (SSSR count). The van der Waals surface area contributed by atoms with Crippen LogP contribution in [0.3, 0.4) is 0 Å². The Hall–Kier alpha value is -1.47. The van der Waals surface area contributed by atoms with Gasteiger partial charge >= 0.3 is 0 Å². The minimum absolute atomic E-state index is 0.0735. The number of amides is 1. The largest absolute Gasteiger partial charge is 0.388 e. The number of hydrogen-bond acceptors (Lipinski definition) is 5. The van der Waals surface area contributed by atoms with Crippen molar-refractivity contribution >= 4 is 5.91 Å². The fourth-order valence-electron chi connectivity index (χ4n) is 4.32. The molecule has 2 saturated heterocycles. The van der Waals surface area contributed by atoms with E-state index in [-0.39, 0.29) is 5.91 Å². The molecule has 2 fully saturated rings. The third kappa shape index (κ3) is 6.51. The van der Waals surface area contributed by atoms with Gasteiger partial charge in [-0.25, -0.2) is 0 Å². The highest BCUT2D eigenvalue weighted by molar-refractivity contribution is 5.96. The van der Waals surface area contributed by atoms with E-state index >= 15 is 0 Å². The summed E-state index contributed by atoms with van der Waals surface area (Å²) in [6.45, 7) is 7.31. The second-order valence-electron chi connectivity index (χ2n) is 8.30. The molecule has 1 amide bonds.